The van der Waals surface area contributed by atoms with Crippen molar-refractivity contribution >= 4 is 5.69 Å². The first-order valence-corrected chi connectivity index (χ1v) is 4.87. The molecule has 2 heteroatoms. The van der Waals surface area contributed by atoms with Crippen LogP contribution in [0.1, 0.15) is 0 Å². The average molecular weight is 197 g/mol. The average Bonchev–Trinajstić information content (AvgIpc) is 2.30. The summed E-state index contributed by atoms with van der Waals surface area (Å²) < 4.78 is 0. The predicted molar refractivity (Wildman–Crippen MR) is 62.8 cm³/mol. The van der Waals surface area contributed by atoms with E-state index in [-0.39, 0.29) is 0 Å². The molecule has 75 valence electrons. The summed E-state index contributed by atoms with van der Waals surface area (Å²) in [7, 11) is 4.08. The fraction of sp³-hybridized carbons (Fsp3) is 0.154. The highest BCUT2D eigenvalue weighted by Crippen LogP contribution is 2.22. The van der Waals surface area contributed by atoms with Crippen molar-refractivity contribution in [3.63, 3.8) is 0 Å². The summed E-state index contributed by atoms with van der Waals surface area (Å²) in [4.78, 5) is 6.09. The molecular weight excluding hydrogens is 184 g/mol. The third-order valence-corrected chi connectivity index (χ3v) is 2.31. The minimum Gasteiger partial charge on any atom is -0.378 e. The minimum atomic E-state index is 1.12. The Bertz CT molecular complexity index is 435. The van der Waals surface area contributed by atoms with Gasteiger partial charge in [-0.25, -0.2) is 0 Å². The van der Waals surface area contributed by atoms with E-state index in [9.17, 15) is 0 Å². The normalized spacial score (nSPS) is 10.0. The van der Waals surface area contributed by atoms with Gasteiger partial charge in [0, 0.05) is 31.5 Å². The van der Waals surface area contributed by atoms with Crippen molar-refractivity contribution in [2.24, 2.45) is 0 Å². The standard InChI is InChI=1S/C13H13N2/c1-15(2)13-7-3-5-11(9-13)12-6-4-8-14-10-12/h3-7,9-10H,1-2H3. The Morgan fingerprint density at radius 2 is 2.00 bits per heavy atom. The van der Waals surface area contributed by atoms with Gasteiger partial charge in [0.2, 0.25) is 0 Å². The van der Waals surface area contributed by atoms with Crippen LogP contribution in [0.4, 0.5) is 5.69 Å². The summed E-state index contributed by atoms with van der Waals surface area (Å²) in [6.07, 6.45) is 4.61. The number of aromatic nitrogens is 1. The SMILES string of the molecule is CN(C)c1cccc(-c2cc[c]nc2)c1. The number of pyridine rings is 1. The number of nitrogens with zero attached hydrogens (tertiary/aromatic N) is 2. The maximum Gasteiger partial charge on any atom is 0.0886 e. The van der Waals surface area contributed by atoms with Crippen molar-refractivity contribution in [2.75, 3.05) is 19.0 Å². The van der Waals surface area contributed by atoms with Crippen LogP contribution in [0.15, 0.2) is 42.6 Å². The topological polar surface area (TPSA) is 16.1 Å². The van der Waals surface area contributed by atoms with Gasteiger partial charge in [-0.15, -0.1) is 0 Å². The summed E-state index contributed by atoms with van der Waals surface area (Å²) in [5.41, 5.74) is 3.50. The molecule has 1 aromatic heterocycles. The van der Waals surface area contributed by atoms with Crippen LogP contribution < -0.4 is 4.90 Å². The fourth-order valence-electron chi connectivity index (χ4n) is 1.45. The van der Waals surface area contributed by atoms with Crippen LogP contribution in [-0.4, -0.2) is 19.1 Å². The lowest BCUT2D eigenvalue weighted by Crippen LogP contribution is -2.08. The van der Waals surface area contributed by atoms with Crippen LogP contribution in [-0.2, 0) is 0 Å². The summed E-state index contributed by atoms with van der Waals surface area (Å²) in [6, 6.07) is 12.2. The predicted octanol–water partition coefficient (Wildman–Crippen LogP) is 2.61. The van der Waals surface area contributed by atoms with Gasteiger partial charge in [0.25, 0.3) is 0 Å². The van der Waals surface area contributed by atoms with E-state index in [4.69, 9.17) is 0 Å². The Labute approximate surface area is 90.2 Å². The second-order valence-corrected chi connectivity index (χ2v) is 3.62. The second kappa shape index (κ2) is 4.13. The Morgan fingerprint density at radius 3 is 2.67 bits per heavy atom. The summed E-state index contributed by atoms with van der Waals surface area (Å²) >= 11 is 0. The van der Waals surface area contributed by atoms with Crippen molar-refractivity contribution in [3.05, 3.63) is 48.8 Å². The van der Waals surface area contributed by atoms with Crippen LogP contribution in [0.5, 0.6) is 0 Å². The van der Waals surface area contributed by atoms with Gasteiger partial charge < -0.3 is 4.90 Å². The van der Waals surface area contributed by atoms with Crippen LogP contribution in [0, 0.1) is 6.20 Å². The molecule has 0 N–H and O–H groups in total. The molecule has 0 fully saturated rings. The van der Waals surface area contributed by atoms with Gasteiger partial charge in [-0.1, -0.05) is 18.2 Å². The Morgan fingerprint density at radius 1 is 1.13 bits per heavy atom. The first kappa shape index (κ1) is 9.71. The van der Waals surface area contributed by atoms with E-state index >= 15 is 0 Å². The summed E-state index contributed by atoms with van der Waals surface area (Å²) in [5, 5.41) is 0. The molecule has 0 aliphatic carbocycles. The van der Waals surface area contributed by atoms with Crippen molar-refractivity contribution < 1.29 is 0 Å². The maximum absolute atomic E-state index is 4.00. The highest BCUT2D eigenvalue weighted by molar-refractivity contribution is 5.67. The van der Waals surface area contributed by atoms with Gasteiger partial charge in [0.1, 0.15) is 0 Å². The first-order valence-electron chi connectivity index (χ1n) is 4.87. The smallest absolute Gasteiger partial charge is 0.0886 e. The third kappa shape index (κ3) is 2.15. The molecule has 0 bridgehead atoms. The van der Waals surface area contributed by atoms with Crippen LogP contribution in [0.25, 0.3) is 11.1 Å². The number of rotatable bonds is 2. The van der Waals surface area contributed by atoms with E-state index in [0.29, 0.717) is 0 Å². The lowest BCUT2D eigenvalue weighted by molar-refractivity contribution is 1.13. The molecule has 2 rings (SSSR count). The van der Waals surface area contributed by atoms with Gasteiger partial charge >= 0.3 is 0 Å². The van der Waals surface area contributed by atoms with Crippen molar-refractivity contribution in [2.45, 2.75) is 0 Å². The van der Waals surface area contributed by atoms with E-state index in [1.165, 1.54) is 11.3 Å². The molecule has 0 unspecified atom stereocenters. The number of benzene rings is 1. The zero-order valence-corrected chi connectivity index (χ0v) is 8.94. The molecule has 1 radical (unpaired) electrons. The number of hydrogen-bond donors (Lipinski definition) is 0. The third-order valence-electron chi connectivity index (χ3n) is 2.31. The summed E-state index contributed by atoms with van der Waals surface area (Å²) in [5.74, 6) is 0. The molecule has 0 spiro atoms. The highest BCUT2D eigenvalue weighted by Gasteiger charge is 1.99. The Balaban J connectivity index is 2.42. The molecule has 0 aliphatic heterocycles. The molecule has 1 heterocycles. The fourth-order valence-corrected chi connectivity index (χ4v) is 1.45. The molecule has 15 heavy (non-hydrogen) atoms. The van der Waals surface area contributed by atoms with E-state index in [2.05, 4.69) is 40.3 Å². The quantitative estimate of drug-likeness (QED) is 0.735. The number of hydrogen-bond acceptors (Lipinski definition) is 2. The Kier molecular flexibility index (Phi) is 2.68. The summed E-state index contributed by atoms with van der Waals surface area (Å²) in [6.45, 7) is 0. The molecule has 0 atom stereocenters. The van der Waals surface area contributed by atoms with Gasteiger partial charge in [-0.2, -0.15) is 0 Å². The molecule has 0 saturated heterocycles. The van der Waals surface area contributed by atoms with Gasteiger partial charge in [-0.3, -0.25) is 4.98 Å². The van der Waals surface area contributed by atoms with Crippen molar-refractivity contribution in [1.29, 1.82) is 0 Å². The van der Waals surface area contributed by atoms with Crippen molar-refractivity contribution in [1.82, 2.24) is 4.98 Å². The Hall–Kier alpha value is -1.83. The maximum atomic E-state index is 4.00. The molecule has 0 aliphatic rings. The zero-order valence-electron chi connectivity index (χ0n) is 8.94. The van der Waals surface area contributed by atoms with E-state index in [1.54, 1.807) is 0 Å². The van der Waals surface area contributed by atoms with E-state index in [0.717, 1.165) is 5.56 Å². The molecule has 2 aromatic rings. The molecule has 0 saturated carbocycles. The lowest BCUT2D eigenvalue weighted by Gasteiger charge is -2.13. The van der Waals surface area contributed by atoms with E-state index < -0.39 is 0 Å². The largest absolute Gasteiger partial charge is 0.378 e. The lowest BCUT2D eigenvalue weighted by atomic mass is 10.1. The molecular formula is C13H13N2. The highest BCUT2D eigenvalue weighted by atomic mass is 15.1. The monoisotopic (exact) mass is 197 g/mol. The van der Waals surface area contributed by atoms with E-state index in [1.807, 2.05) is 32.4 Å². The van der Waals surface area contributed by atoms with Crippen LogP contribution in [0.3, 0.4) is 0 Å². The van der Waals surface area contributed by atoms with Crippen molar-refractivity contribution in [3.8, 4) is 11.1 Å². The van der Waals surface area contributed by atoms with Crippen LogP contribution in [0.2, 0.25) is 0 Å². The zero-order chi connectivity index (χ0) is 10.7. The molecule has 1 aromatic carbocycles. The van der Waals surface area contributed by atoms with Gasteiger partial charge in [0.05, 0.1) is 6.20 Å². The number of anilines is 1. The van der Waals surface area contributed by atoms with Gasteiger partial charge in [0.15, 0.2) is 0 Å². The van der Waals surface area contributed by atoms with Crippen LogP contribution >= 0.6 is 0 Å². The van der Waals surface area contributed by atoms with Gasteiger partial charge in [-0.05, 0) is 23.8 Å². The second-order valence-electron chi connectivity index (χ2n) is 3.62. The molecule has 2 nitrogen and oxygen atoms in total. The minimum absolute atomic E-state index is 1.12. The molecule has 0 amide bonds. The first-order chi connectivity index (χ1) is 7.27.